The number of hydrogen-bond acceptors (Lipinski definition) is 6. The monoisotopic (exact) mass is 395 g/mol. The molecular formula is C21H25N5O3. The lowest BCUT2D eigenvalue weighted by molar-refractivity contribution is 0.0696. The van der Waals surface area contributed by atoms with E-state index < -0.39 is 0 Å². The molecule has 0 saturated carbocycles. The van der Waals surface area contributed by atoms with Gasteiger partial charge in [0.2, 0.25) is 0 Å². The second kappa shape index (κ2) is 9.00. The number of rotatable bonds is 7. The number of carbonyl (C=O) groups is 1. The summed E-state index contributed by atoms with van der Waals surface area (Å²) in [6.45, 7) is 4.80. The lowest BCUT2D eigenvalue weighted by Crippen LogP contribution is -2.39. The van der Waals surface area contributed by atoms with E-state index in [0.29, 0.717) is 30.6 Å². The van der Waals surface area contributed by atoms with Crippen molar-refractivity contribution < 1.29 is 14.1 Å². The molecule has 1 aliphatic heterocycles. The highest BCUT2D eigenvalue weighted by Gasteiger charge is 2.29. The van der Waals surface area contributed by atoms with Crippen LogP contribution < -0.4 is 0 Å². The van der Waals surface area contributed by atoms with Crippen LogP contribution in [0.15, 0.2) is 47.1 Å². The average Bonchev–Trinajstić information content (AvgIpc) is 3.44. The van der Waals surface area contributed by atoms with Crippen molar-refractivity contribution in [1.82, 2.24) is 24.8 Å². The van der Waals surface area contributed by atoms with Gasteiger partial charge in [-0.2, -0.15) is 10.1 Å². The Morgan fingerprint density at radius 3 is 2.90 bits per heavy atom. The second-order valence-corrected chi connectivity index (χ2v) is 7.17. The number of likely N-dealkylation sites (tertiary alicyclic amines) is 1. The Morgan fingerprint density at radius 2 is 2.10 bits per heavy atom. The first-order chi connectivity index (χ1) is 14.2. The van der Waals surface area contributed by atoms with Crippen molar-refractivity contribution in [2.75, 3.05) is 13.1 Å². The highest BCUT2D eigenvalue weighted by Crippen LogP contribution is 2.26. The minimum Gasteiger partial charge on any atom is -0.367 e. The summed E-state index contributed by atoms with van der Waals surface area (Å²) in [5.41, 5.74) is 1.58. The van der Waals surface area contributed by atoms with E-state index in [1.54, 1.807) is 10.7 Å². The van der Waals surface area contributed by atoms with Gasteiger partial charge in [0.05, 0.1) is 6.61 Å². The van der Waals surface area contributed by atoms with Gasteiger partial charge in [0.15, 0.2) is 5.82 Å². The molecule has 0 spiro atoms. The van der Waals surface area contributed by atoms with Crippen molar-refractivity contribution in [2.45, 2.75) is 45.4 Å². The fraction of sp³-hybridized carbons (Fsp3) is 0.429. The Balaban J connectivity index is 1.33. The van der Waals surface area contributed by atoms with Gasteiger partial charge >= 0.3 is 0 Å². The first-order valence-electron chi connectivity index (χ1n) is 10.00. The van der Waals surface area contributed by atoms with Crippen LogP contribution in [0.1, 0.15) is 53.5 Å². The third kappa shape index (κ3) is 4.71. The molecule has 3 heterocycles. The van der Waals surface area contributed by atoms with Gasteiger partial charge < -0.3 is 14.2 Å². The number of aromatic nitrogens is 4. The smallest absolute Gasteiger partial charge is 0.274 e. The van der Waals surface area contributed by atoms with Crippen molar-refractivity contribution in [3.63, 3.8) is 0 Å². The van der Waals surface area contributed by atoms with Gasteiger partial charge in [-0.05, 0) is 31.4 Å². The van der Waals surface area contributed by atoms with E-state index in [-0.39, 0.29) is 18.4 Å². The van der Waals surface area contributed by atoms with Gasteiger partial charge in [-0.15, -0.1) is 0 Å². The maximum Gasteiger partial charge on any atom is 0.274 e. The van der Waals surface area contributed by atoms with Crippen LogP contribution in [0.25, 0.3) is 0 Å². The van der Waals surface area contributed by atoms with E-state index >= 15 is 0 Å². The maximum absolute atomic E-state index is 12.8. The number of nitrogens with zero attached hydrogens (tertiary/aromatic N) is 5. The summed E-state index contributed by atoms with van der Waals surface area (Å²) in [6, 6.07) is 11.7. The minimum absolute atomic E-state index is 0.0446. The lowest BCUT2D eigenvalue weighted by atomic mass is 9.97. The fourth-order valence-corrected chi connectivity index (χ4v) is 3.51. The maximum atomic E-state index is 12.8. The predicted molar refractivity (Wildman–Crippen MR) is 105 cm³/mol. The van der Waals surface area contributed by atoms with E-state index in [4.69, 9.17) is 9.26 Å². The number of aryl methyl sites for hydroxylation is 1. The predicted octanol–water partition coefficient (Wildman–Crippen LogP) is 3.02. The van der Waals surface area contributed by atoms with Crippen molar-refractivity contribution >= 4 is 5.91 Å². The van der Waals surface area contributed by atoms with Gasteiger partial charge in [0.1, 0.15) is 12.3 Å². The SMILES string of the molecule is CCn1ccc(C(=O)N2CCCC(c3noc(COCc4ccccc4)n3)C2)n1. The molecule has 152 valence electrons. The molecule has 1 atom stereocenters. The number of ether oxygens (including phenoxy) is 1. The van der Waals surface area contributed by atoms with Gasteiger partial charge in [-0.25, -0.2) is 0 Å². The molecule has 0 bridgehead atoms. The molecule has 1 unspecified atom stereocenters. The Kier molecular flexibility index (Phi) is 6.00. The summed E-state index contributed by atoms with van der Waals surface area (Å²) in [5, 5.41) is 8.45. The molecule has 1 aliphatic rings. The molecule has 29 heavy (non-hydrogen) atoms. The molecule has 0 radical (unpaired) electrons. The van der Waals surface area contributed by atoms with Gasteiger partial charge in [0.25, 0.3) is 11.8 Å². The zero-order valence-corrected chi connectivity index (χ0v) is 16.5. The van der Waals surface area contributed by atoms with E-state index in [0.717, 1.165) is 31.5 Å². The molecular weight excluding hydrogens is 370 g/mol. The topological polar surface area (TPSA) is 86.3 Å². The van der Waals surface area contributed by atoms with E-state index in [9.17, 15) is 4.79 Å². The molecule has 0 N–H and O–H groups in total. The van der Waals surface area contributed by atoms with Crippen LogP contribution in [-0.4, -0.2) is 43.8 Å². The van der Waals surface area contributed by atoms with Crippen LogP contribution in [0.4, 0.5) is 0 Å². The lowest BCUT2D eigenvalue weighted by Gasteiger charge is -2.30. The van der Waals surface area contributed by atoms with E-state index in [1.165, 1.54) is 0 Å². The van der Waals surface area contributed by atoms with Crippen molar-refractivity contribution in [1.29, 1.82) is 0 Å². The number of piperidine rings is 1. The molecule has 4 rings (SSSR count). The third-order valence-corrected chi connectivity index (χ3v) is 5.08. The normalized spacial score (nSPS) is 16.9. The van der Waals surface area contributed by atoms with Crippen LogP contribution >= 0.6 is 0 Å². The zero-order chi connectivity index (χ0) is 20.1. The fourth-order valence-electron chi connectivity index (χ4n) is 3.51. The quantitative estimate of drug-likeness (QED) is 0.611. The minimum atomic E-state index is -0.0446. The van der Waals surface area contributed by atoms with E-state index in [2.05, 4.69) is 15.2 Å². The molecule has 0 aliphatic carbocycles. The summed E-state index contributed by atoms with van der Waals surface area (Å²) >= 11 is 0. The summed E-state index contributed by atoms with van der Waals surface area (Å²) in [7, 11) is 0. The van der Waals surface area contributed by atoms with Crippen LogP contribution in [0.3, 0.4) is 0 Å². The molecule has 8 heteroatoms. The average molecular weight is 395 g/mol. The van der Waals surface area contributed by atoms with Crippen molar-refractivity contribution in [3.05, 3.63) is 65.6 Å². The first-order valence-corrected chi connectivity index (χ1v) is 10.00. The molecule has 2 aromatic heterocycles. The first kappa shape index (κ1) is 19.3. The number of carbonyl (C=O) groups excluding carboxylic acids is 1. The molecule has 1 fully saturated rings. The summed E-state index contributed by atoms with van der Waals surface area (Å²) in [6.07, 6.45) is 3.66. The summed E-state index contributed by atoms with van der Waals surface area (Å²) in [4.78, 5) is 19.1. The van der Waals surface area contributed by atoms with Crippen LogP contribution in [0.2, 0.25) is 0 Å². The largest absolute Gasteiger partial charge is 0.367 e. The summed E-state index contributed by atoms with van der Waals surface area (Å²) in [5.74, 6) is 1.12. The van der Waals surface area contributed by atoms with Crippen LogP contribution in [0.5, 0.6) is 0 Å². The Bertz CT molecular complexity index is 937. The molecule has 1 aromatic carbocycles. The third-order valence-electron chi connectivity index (χ3n) is 5.08. The van der Waals surface area contributed by atoms with Gasteiger partial charge in [0, 0.05) is 31.7 Å². The van der Waals surface area contributed by atoms with E-state index in [1.807, 2.05) is 48.4 Å². The highest BCUT2D eigenvalue weighted by atomic mass is 16.5. The Hall–Kier alpha value is -3.00. The van der Waals surface area contributed by atoms with Crippen LogP contribution in [0, 0.1) is 0 Å². The number of hydrogen-bond donors (Lipinski definition) is 0. The molecule has 3 aromatic rings. The highest BCUT2D eigenvalue weighted by molar-refractivity contribution is 5.92. The standard InChI is InChI=1S/C21H25N5O3/c1-2-26-12-10-18(23-26)21(27)25-11-6-9-17(13-25)20-22-19(29-24-20)15-28-14-16-7-4-3-5-8-16/h3-5,7-8,10,12,17H,2,6,9,11,13-15H2,1H3. The second-order valence-electron chi connectivity index (χ2n) is 7.17. The Labute approximate surface area is 169 Å². The zero-order valence-electron chi connectivity index (χ0n) is 16.5. The molecule has 8 nitrogen and oxygen atoms in total. The Morgan fingerprint density at radius 1 is 1.24 bits per heavy atom. The van der Waals surface area contributed by atoms with Gasteiger partial charge in [-0.3, -0.25) is 9.48 Å². The summed E-state index contributed by atoms with van der Waals surface area (Å²) < 4.78 is 12.8. The number of amides is 1. The molecule has 1 saturated heterocycles. The number of benzene rings is 1. The molecule has 1 amide bonds. The van der Waals surface area contributed by atoms with Crippen molar-refractivity contribution in [3.8, 4) is 0 Å². The van der Waals surface area contributed by atoms with Crippen LogP contribution in [-0.2, 0) is 24.5 Å². The van der Waals surface area contributed by atoms with Gasteiger partial charge in [-0.1, -0.05) is 35.5 Å². The van der Waals surface area contributed by atoms with Crippen molar-refractivity contribution in [2.24, 2.45) is 0 Å².